The van der Waals surface area contributed by atoms with Gasteiger partial charge in [0, 0.05) is 35.9 Å². The lowest BCUT2D eigenvalue weighted by Crippen LogP contribution is -2.46. The highest BCUT2D eigenvalue weighted by Crippen LogP contribution is 2.29. The maximum absolute atomic E-state index is 12.7. The molecule has 0 fully saturated rings. The van der Waals surface area contributed by atoms with Gasteiger partial charge >= 0.3 is 6.09 Å². The Morgan fingerprint density at radius 2 is 1.85 bits per heavy atom. The maximum atomic E-state index is 12.7. The zero-order valence-corrected chi connectivity index (χ0v) is 20.1. The standard InChI is InChI=1S/C23H29N5O5S/c1-23(2,3)28(22(30)31)12-4-10-26-34(32,33)17-7-5-15(6-8-17)18-9-11-25-21-19(18)13-16(27-21)14-20(24)29/h5-9,11,13,26H,4,10,12,14H2,1-3H3,(H2,24,29)(H,25,27)(H,30,31). The van der Waals surface area contributed by atoms with E-state index < -0.39 is 27.6 Å². The van der Waals surface area contributed by atoms with Crippen LogP contribution in [-0.2, 0) is 21.2 Å². The van der Waals surface area contributed by atoms with Gasteiger partial charge in [-0.3, -0.25) is 4.79 Å². The monoisotopic (exact) mass is 487 g/mol. The first-order chi connectivity index (χ1) is 15.9. The Morgan fingerprint density at radius 3 is 2.44 bits per heavy atom. The van der Waals surface area contributed by atoms with Gasteiger partial charge in [-0.25, -0.2) is 22.9 Å². The van der Waals surface area contributed by atoms with E-state index >= 15 is 0 Å². The predicted molar refractivity (Wildman–Crippen MR) is 129 cm³/mol. The molecule has 2 amide bonds. The molecule has 3 aromatic rings. The first kappa shape index (κ1) is 25.2. The Morgan fingerprint density at radius 1 is 1.18 bits per heavy atom. The van der Waals surface area contributed by atoms with E-state index in [0.29, 0.717) is 17.8 Å². The summed E-state index contributed by atoms with van der Waals surface area (Å²) >= 11 is 0. The van der Waals surface area contributed by atoms with Crippen molar-refractivity contribution in [2.45, 2.75) is 44.0 Å². The van der Waals surface area contributed by atoms with E-state index in [4.69, 9.17) is 5.73 Å². The third kappa shape index (κ3) is 5.91. The molecule has 0 spiro atoms. The van der Waals surface area contributed by atoms with E-state index in [1.165, 1.54) is 17.0 Å². The molecule has 11 heteroatoms. The molecule has 0 saturated carbocycles. The molecular formula is C23H29N5O5S. The number of H-pyrrole nitrogens is 1. The molecule has 0 aliphatic rings. The summed E-state index contributed by atoms with van der Waals surface area (Å²) < 4.78 is 27.9. The van der Waals surface area contributed by atoms with Gasteiger partial charge in [0.25, 0.3) is 0 Å². The van der Waals surface area contributed by atoms with Crippen LogP contribution in [0.25, 0.3) is 22.2 Å². The third-order valence-electron chi connectivity index (χ3n) is 5.32. The molecule has 0 radical (unpaired) electrons. The second-order valence-corrected chi connectivity index (χ2v) is 10.7. The number of nitrogens with two attached hydrogens (primary N) is 1. The highest BCUT2D eigenvalue weighted by atomic mass is 32.2. The number of carbonyl (C=O) groups is 2. The van der Waals surface area contributed by atoms with Gasteiger partial charge in [-0.2, -0.15) is 0 Å². The molecule has 1 aromatic carbocycles. The van der Waals surface area contributed by atoms with Crippen molar-refractivity contribution in [2.24, 2.45) is 5.73 Å². The number of hydrogen-bond donors (Lipinski definition) is 4. The number of amides is 2. The lowest BCUT2D eigenvalue weighted by molar-refractivity contribution is -0.117. The van der Waals surface area contributed by atoms with Crippen LogP contribution in [0.15, 0.2) is 47.5 Å². The van der Waals surface area contributed by atoms with E-state index in [0.717, 1.165) is 16.5 Å². The number of aromatic amines is 1. The minimum atomic E-state index is -3.75. The van der Waals surface area contributed by atoms with Gasteiger partial charge in [0.2, 0.25) is 15.9 Å². The summed E-state index contributed by atoms with van der Waals surface area (Å²) in [4.78, 5) is 31.4. The number of rotatable bonds is 9. The SMILES string of the molecule is CC(C)(C)N(CCCNS(=O)(=O)c1ccc(-c2ccnc3[nH]c(CC(N)=O)cc23)cc1)C(=O)O. The zero-order valence-electron chi connectivity index (χ0n) is 19.3. The lowest BCUT2D eigenvalue weighted by atomic mass is 10.0. The highest BCUT2D eigenvalue weighted by molar-refractivity contribution is 7.89. The fourth-order valence-electron chi connectivity index (χ4n) is 3.67. The van der Waals surface area contributed by atoms with Crippen molar-refractivity contribution in [2.75, 3.05) is 13.1 Å². The summed E-state index contributed by atoms with van der Waals surface area (Å²) in [6.07, 6.45) is 1.00. The van der Waals surface area contributed by atoms with Crippen molar-refractivity contribution >= 4 is 33.1 Å². The number of aromatic nitrogens is 2. The maximum Gasteiger partial charge on any atom is 0.407 e. The molecule has 0 bridgehead atoms. The molecule has 0 unspecified atom stereocenters. The smallest absolute Gasteiger partial charge is 0.407 e. The summed E-state index contributed by atoms with van der Waals surface area (Å²) in [6.45, 7) is 5.69. The minimum Gasteiger partial charge on any atom is -0.465 e. The average molecular weight is 488 g/mol. The quantitative estimate of drug-likeness (QED) is 0.340. The number of nitrogens with zero attached hydrogens (tertiary/aromatic N) is 2. The summed E-state index contributed by atoms with van der Waals surface area (Å²) in [6, 6.07) is 10.1. The van der Waals surface area contributed by atoms with Crippen molar-refractivity contribution in [1.82, 2.24) is 19.6 Å². The van der Waals surface area contributed by atoms with Crippen LogP contribution < -0.4 is 10.5 Å². The fraction of sp³-hybridized carbons (Fsp3) is 0.348. The van der Waals surface area contributed by atoms with Gasteiger partial charge in [-0.05, 0) is 62.6 Å². The second-order valence-electron chi connectivity index (χ2n) is 8.94. The van der Waals surface area contributed by atoms with Crippen LogP contribution in [0.4, 0.5) is 4.79 Å². The van der Waals surface area contributed by atoms with Gasteiger partial charge < -0.3 is 20.7 Å². The molecule has 0 aliphatic heterocycles. The van der Waals surface area contributed by atoms with E-state index in [1.54, 1.807) is 39.1 Å². The van der Waals surface area contributed by atoms with Gasteiger partial charge in [-0.1, -0.05) is 12.1 Å². The second kappa shape index (κ2) is 9.82. The molecule has 0 saturated heterocycles. The van der Waals surface area contributed by atoms with Gasteiger partial charge in [0.15, 0.2) is 0 Å². The number of hydrogen-bond acceptors (Lipinski definition) is 5. The van der Waals surface area contributed by atoms with E-state index in [1.807, 2.05) is 12.1 Å². The summed E-state index contributed by atoms with van der Waals surface area (Å²) in [5, 5.41) is 10.1. The number of nitrogens with one attached hydrogen (secondary N) is 2. The molecule has 3 rings (SSSR count). The topological polar surface area (TPSA) is 158 Å². The summed E-state index contributed by atoms with van der Waals surface area (Å²) in [7, 11) is -3.75. The number of carbonyl (C=O) groups excluding carboxylic acids is 1. The third-order valence-corrected chi connectivity index (χ3v) is 6.80. The highest BCUT2D eigenvalue weighted by Gasteiger charge is 2.25. The van der Waals surface area contributed by atoms with Crippen molar-refractivity contribution < 1.29 is 23.1 Å². The molecule has 2 heterocycles. The molecular weight excluding hydrogens is 458 g/mol. The normalized spacial score (nSPS) is 12.1. The Labute approximate surface area is 198 Å². The summed E-state index contributed by atoms with van der Waals surface area (Å²) in [5.74, 6) is -0.454. The lowest BCUT2D eigenvalue weighted by Gasteiger charge is -2.33. The first-order valence-corrected chi connectivity index (χ1v) is 12.2. The number of sulfonamides is 1. The molecule has 5 N–H and O–H groups in total. The Bertz CT molecular complexity index is 1290. The Hall–Kier alpha value is -3.44. The fourth-order valence-corrected chi connectivity index (χ4v) is 4.75. The van der Waals surface area contributed by atoms with E-state index in [2.05, 4.69) is 14.7 Å². The van der Waals surface area contributed by atoms with Crippen LogP contribution in [0.1, 0.15) is 32.9 Å². The molecule has 182 valence electrons. The van der Waals surface area contributed by atoms with Crippen LogP contribution in [0, 0.1) is 0 Å². The summed E-state index contributed by atoms with van der Waals surface area (Å²) in [5.41, 5.74) is 7.59. The predicted octanol–water partition coefficient (Wildman–Crippen LogP) is 2.70. The zero-order chi connectivity index (χ0) is 25.1. The van der Waals surface area contributed by atoms with Crippen LogP contribution in [0.2, 0.25) is 0 Å². The molecule has 34 heavy (non-hydrogen) atoms. The number of primary amides is 1. The Kier molecular flexibility index (Phi) is 7.27. The minimum absolute atomic E-state index is 0.0681. The van der Waals surface area contributed by atoms with Gasteiger partial charge in [-0.15, -0.1) is 0 Å². The van der Waals surface area contributed by atoms with Crippen molar-refractivity contribution in [3.63, 3.8) is 0 Å². The molecule has 2 aromatic heterocycles. The van der Waals surface area contributed by atoms with Crippen LogP contribution >= 0.6 is 0 Å². The number of pyridine rings is 1. The average Bonchev–Trinajstić information content (AvgIpc) is 3.14. The van der Waals surface area contributed by atoms with Crippen LogP contribution in [0.3, 0.4) is 0 Å². The number of benzene rings is 1. The van der Waals surface area contributed by atoms with E-state index in [9.17, 15) is 23.1 Å². The largest absolute Gasteiger partial charge is 0.465 e. The Balaban J connectivity index is 1.71. The number of carboxylic acid groups (broad SMARTS) is 1. The van der Waals surface area contributed by atoms with Gasteiger partial charge in [0.1, 0.15) is 5.65 Å². The first-order valence-electron chi connectivity index (χ1n) is 10.7. The van der Waals surface area contributed by atoms with Crippen molar-refractivity contribution in [1.29, 1.82) is 0 Å². The number of fused-ring (bicyclic) bond motifs is 1. The van der Waals surface area contributed by atoms with E-state index in [-0.39, 0.29) is 24.4 Å². The van der Waals surface area contributed by atoms with Crippen molar-refractivity contribution in [3.05, 3.63) is 48.3 Å². The molecule has 0 aliphatic carbocycles. The van der Waals surface area contributed by atoms with Crippen LogP contribution in [-0.4, -0.2) is 59.0 Å². The van der Waals surface area contributed by atoms with Crippen LogP contribution in [0.5, 0.6) is 0 Å². The van der Waals surface area contributed by atoms with Crippen molar-refractivity contribution in [3.8, 4) is 11.1 Å². The van der Waals surface area contributed by atoms with Gasteiger partial charge in [0.05, 0.1) is 11.3 Å². The molecule has 0 atom stereocenters. The molecule has 10 nitrogen and oxygen atoms in total.